The number of aryl methyl sites for hydroxylation is 1. The van der Waals surface area contributed by atoms with E-state index in [9.17, 15) is 24.6 Å². The molecule has 0 radical (unpaired) electrons. The van der Waals surface area contributed by atoms with Crippen LogP contribution in [0.4, 0.5) is 16.2 Å². The van der Waals surface area contributed by atoms with Crippen molar-refractivity contribution < 1.29 is 33.4 Å². The predicted molar refractivity (Wildman–Crippen MR) is 244 cm³/mol. The van der Waals surface area contributed by atoms with Crippen LogP contribution in [0.25, 0.3) is 28.3 Å². The third-order valence-electron chi connectivity index (χ3n) is 13.1. The summed E-state index contributed by atoms with van der Waals surface area (Å²) in [5, 5.41) is 27.4. The van der Waals surface area contributed by atoms with Gasteiger partial charge < -0.3 is 39.3 Å². The minimum atomic E-state index is -2.29. The number of aromatic hydroxyl groups is 1. The summed E-state index contributed by atoms with van der Waals surface area (Å²) in [6.07, 6.45) is 5.19. The maximum Gasteiger partial charge on any atom is 0.419 e. The monoisotopic (exact) mass is 859 g/mol. The number of fused-ring (bicyclic) bond motifs is 5. The smallest absolute Gasteiger partial charge is 0.419 e. The Morgan fingerprint density at radius 3 is 2.53 bits per heavy atom. The number of allylic oxidation sites excluding steroid dienone is 1. The minimum Gasteiger partial charge on any atom is -0.506 e. The van der Waals surface area contributed by atoms with Crippen molar-refractivity contribution in [3.63, 3.8) is 0 Å². The first kappa shape index (κ1) is 43.0. The van der Waals surface area contributed by atoms with E-state index in [1.54, 1.807) is 21.6 Å². The van der Waals surface area contributed by atoms with Crippen molar-refractivity contribution in [2.24, 2.45) is 5.92 Å². The Bertz CT molecular complexity index is 2540. The van der Waals surface area contributed by atoms with Crippen molar-refractivity contribution >= 4 is 48.9 Å². The number of benzene rings is 4. The highest BCUT2D eigenvalue weighted by molar-refractivity contribution is 6.74. The van der Waals surface area contributed by atoms with E-state index in [-0.39, 0.29) is 35.0 Å². The molecule has 14 heteroatoms. The Morgan fingerprint density at radius 2 is 1.82 bits per heavy atom. The minimum absolute atomic E-state index is 0.0693. The Kier molecular flexibility index (Phi) is 12.2. The Morgan fingerprint density at radius 1 is 1.05 bits per heavy atom. The number of hydrogen-bond donors (Lipinski definition) is 4. The van der Waals surface area contributed by atoms with Crippen LogP contribution in [0.15, 0.2) is 94.2 Å². The molecular formula is C48H57N5O8Si. The Labute approximate surface area is 363 Å². The normalized spacial score (nSPS) is 19.3. The number of phenolic OH excluding ortho intramolecular Hbond substituents is 1. The molecule has 0 aliphatic carbocycles. The van der Waals surface area contributed by atoms with E-state index in [0.717, 1.165) is 60.3 Å². The van der Waals surface area contributed by atoms with Gasteiger partial charge in [-0.15, -0.1) is 0 Å². The lowest BCUT2D eigenvalue weighted by Gasteiger charge is -2.48. The highest BCUT2D eigenvalue weighted by Crippen LogP contribution is 2.46. The van der Waals surface area contributed by atoms with Gasteiger partial charge in [-0.25, -0.2) is 9.59 Å². The SMILES string of the molecule is CC(C)(C)[Si](C)(C)O[C@@H](CNCc1ccc2c(c1)oc(=O)n2CCC=Cc1ccc(-c2ccccc2)c(N(C(=O)O)C2CN3CCC2CC3)c1)c1ccc(O)c2c1OCC(=O)N2. The molecule has 0 spiro atoms. The molecule has 0 saturated carbocycles. The van der Waals surface area contributed by atoms with Gasteiger partial charge in [-0.1, -0.05) is 81.5 Å². The van der Waals surface area contributed by atoms with E-state index in [1.165, 1.54) is 0 Å². The van der Waals surface area contributed by atoms with Gasteiger partial charge in [0.1, 0.15) is 11.4 Å². The van der Waals surface area contributed by atoms with Gasteiger partial charge in [0.25, 0.3) is 5.91 Å². The zero-order valence-electron chi connectivity index (χ0n) is 36.1. The number of piperidine rings is 3. The molecule has 4 aliphatic heterocycles. The first-order valence-electron chi connectivity index (χ1n) is 21.6. The standard InChI is InChI=1S/C48H57N5O8Si/c1-48(2,3)62(4,5)61-42(36-17-19-40(54)44-45(36)59-30-43(55)50-44)28-49-27-32-15-18-37-41(26-32)60-47(58)52(37)22-10-9-11-31-14-16-35(33-12-7-6-8-13-33)38(25-31)53(46(56)57)39-29-51-23-20-34(39)21-24-51/h6-9,11-19,25-26,34,39,42,49,54H,10,20-24,27-30H2,1-5H3,(H,50,55)(H,56,57)/t39?,42-/m0/s1. The summed E-state index contributed by atoms with van der Waals surface area (Å²) >= 11 is 0. The first-order valence-corrected chi connectivity index (χ1v) is 24.5. The highest BCUT2D eigenvalue weighted by atomic mass is 28.4. The number of aromatic nitrogens is 1. The lowest BCUT2D eigenvalue weighted by molar-refractivity contribution is -0.118. The van der Waals surface area contributed by atoms with Crippen LogP contribution in [0, 0.1) is 5.92 Å². The summed E-state index contributed by atoms with van der Waals surface area (Å²) in [5.74, 6) is -0.0975. The van der Waals surface area contributed by atoms with Crippen LogP contribution in [0.5, 0.6) is 11.5 Å². The lowest BCUT2D eigenvalue weighted by Crippen LogP contribution is -2.59. The third-order valence-corrected chi connectivity index (χ3v) is 17.6. The number of oxazole rings is 1. The number of amides is 2. The molecule has 2 bridgehead atoms. The van der Waals surface area contributed by atoms with Gasteiger partial charge in [0.15, 0.2) is 26.3 Å². The molecular weight excluding hydrogens is 803 g/mol. The van der Waals surface area contributed by atoms with E-state index in [2.05, 4.69) is 49.4 Å². The molecule has 1 aromatic heterocycles. The number of ether oxygens (including phenoxy) is 1. The largest absolute Gasteiger partial charge is 0.506 e. The van der Waals surface area contributed by atoms with Crippen molar-refractivity contribution in [1.29, 1.82) is 0 Å². The number of anilines is 2. The van der Waals surface area contributed by atoms with Crippen molar-refractivity contribution in [2.45, 2.75) is 83.4 Å². The van der Waals surface area contributed by atoms with Crippen LogP contribution >= 0.6 is 0 Å². The number of carbonyl (C=O) groups excluding carboxylic acids is 1. The fourth-order valence-corrected chi connectivity index (χ4v) is 10.0. The van der Waals surface area contributed by atoms with Crippen LogP contribution in [-0.4, -0.2) is 78.8 Å². The average Bonchev–Trinajstić information content (AvgIpc) is 3.56. The quantitative estimate of drug-likeness (QED) is 0.0628. The zero-order chi connectivity index (χ0) is 43.8. The highest BCUT2D eigenvalue weighted by Gasteiger charge is 2.42. The Balaban J connectivity index is 0.961. The topological polar surface area (TPSA) is 159 Å². The molecule has 62 heavy (non-hydrogen) atoms. The van der Waals surface area contributed by atoms with Crippen LogP contribution < -0.4 is 26.0 Å². The van der Waals surface area contributed by atoms with Crippen LogP contribution in [0.3, 0.4) is 0 Å². The maximum absolute atomic E-state index is 13.1. The van der Waals surface area contributed by atoms with Gasteiger partial charge in [-0.3, -0.25) is 14.3 Å². The number of phenols is 1. The van der Waals surface area contributed by atoms with Gasteiger partial charge in [0.2, 0.25) is 0 Å². The Hall–Kier alpha value is -5.67. The number of hydrogen-bond acceptors (Lipinski definition) is 9. The summed E-state index contributed by atoms with van der Waals surface area (Å²) in [5.41, 5.74) is 6.52. The number of carbonyl (C=O) groups is 2. The zero-order valence-corrected chi connectivity index (χ0v) is 37.1. The first-order chi connectivity index (χ1) is 29.7. The molecule has 2 atom stereocenters. The van der Waals surface area contributed by atoms with Crippen molar-refractivity contribution in [3.8, 4) is 22.6 Å². The number of nitrogens with one attached hydrogen (secondary N) is 2. The van der Waals surface area contributed by atoms with E-state index in [0.29, 0.717) is 54.5 Å². The fraction of sp³-hybridized carbons (Fsp3) is 0.396. The lowest BCUT2D eigenvalue weighted by atomic mass is 9.82. The predicted octanol–water partition coefficient (Wildman–Crippen LogP) is 8.83. The molecule has 4 aliphatic rings. The molecule has 9 rings (SSSR count). The molecule has 1 unspecified atom stereocenters. The fourth-order valence-electron chi connectivity index (χ4n) is 8.75. The van der Waals surface area contributed by atoms with Gasteiger partial charge in [-0.05, 0) is 103 Å². The molecule has 13 nitrogen and oxygen atoms in total. The molecule has 3 fully saturated rings. The average molecular weight is 860 g/mol. The second kappa shape index (κ2) is 17.6. The molecule has 5 aromatic rings. The van der Waals surface area contributed by atoms with Crippen LogP contribution in [0.2, 0.25) is 18.1 Å². The van der Waals surface area contributed by atoms with Crippen molar-refractivity contribution in [2.75, 3.05) is 43.0 Å². The number of rotatable bonds is 14. The van der Waals surface area contributed by atoms with Gasteiger partial charge in [-0.2, -0.15) is 0 Å². The third kappa shape index (κ3) is 8.96. The van der Waals surface area contributed by atoms with Crippen LogP contribution in [0.1, 0.15) is 62.8 Å². The second-order valence-electron chi connectivity index (χ2n) is 18.2. The van der Waals surface area contributed by atoms with Crippen LogP contribution in [-0.2, 0) is 22.3 Å². The number of nitrogens with zero attached hydrogens (tertiary/aromatic N) is 3. The van der Waals surface area contributed by atoms with Crippen molar-refractivity contribution in [3.05, 3.63) is 112 Å². The molecule has 5 heterocycles. The maximum atomic E-state index is 13.1. The number of carboxylic acid groups (broad SMARTS) is 1. The van der Waals surface area contributed by atoms with E-state index >= 15 is 0 Å². The van der Waals surface area contributed by atoms with E-state index < -0.39 is 26.3 Å². The molecule has 4 aromatic carbocycles. The molecule has 2 amide bonds. The van der Waals surface area contributed by atoms with Gasteiger partial charge >= 0.3 is 11.8 Å². The summed E-state index contributed by atoms with van der Waals surface area (Å²) in [6, 6.07) is 24.9. The summed E-state index contributed by atoms with van der Waals surface area (Å²) in [4.78, 5) is 42.2. The van der Waals surface area contributed by atoms with Gasteiger partial charge in [0.05, 0.1) is 23.3 Å². The second-order valence-corrected chi connectivity index (χ2v) is 23.0. The van der Waals surface area contributed by atoms with Crippen molar-refractivity contribution in [1.82, 2.24) is 14.8 Å². The summed E-state index contributed by atoms with van der Waals surface area (Å²) in [6.45, 7) is 14.8. The van der Waals surface area contributed by atoms with Gasteiger partial charge in [0, 0.05) is 37.3 Å². The molecule has 4 N–H and O–H groups in total. The van der Waals surface area contributed by atoms with E-state index in [4.69, 9.17) is 13.6 Å². The van der Waals surface area contributed by atoms with E-state index in [1.807, 2.05) is 78.9 Å². The molecule has 326 valence electrons. The summed E-state index contributed by atoms with van der Waals surface area (Å²) in [7, 11) is -2.29. The summed E-state index contributed by atoms with van der Waals surface area (Å²) < 4.78 is 20.1. The molecule has 3 saturated heterocycles.